The van der Waals surface area contributed by atoms with Crippen LogP contribution in [0.5, 0.6) is 0 Å². The van der Waals surface area contributed by atoms with Crippen LogP contribution in [-0.4, -0.2) is 18.6 Å². The smallest absolute Gasteiger partial charge is 0.141 e. The van der Waals surface area contributed by atoms with Crippen molar-refractivity contribution in [3.63, 3.8) is 0 Å². The predicted molar refractivity (Wildman–Crippen MR) is 62.7 cm³/mol. The van der Waals surface area contributed by atoms with Gasteiger partial charge in [0.15, 0.2) is 0 Å². The third-order valence-electron chi connectivity index (χ3n) is 3.25. The zero-order chi connectivity index (χ0) is 11.5. The Bertz CT molecular complexity index is 363. The summed E-state index contributed by atoms with van der Waals surface area (Å²) >= 11 is 0. The minimum absolute atomic E-state index is 0.318. The molecule has 0 radical (unpaired) electrons. The lowest BCUT2D eigenvalue weighted by Gasteiger charge is -2.31. The molecule has 0 saturated heterocycles. The maximum Gasteiger partial charge on any atom is 0.141 e. The van der Waals surface area contributed by atoms with Crippen LogP contribution in [0.1, 0.15) is 24.8 Å². The summed E-state index contributed by atoms with van der Waals surface area (Å²) in [6, 6.07) is 1.47. The molecule has 0 aliphatic heterocycles. The fourth-order valence-corrected chi connectivity index (χ4v) is 2.12. The van der Waals surface area contributed by atoms with Gasteiger partial charge in [-0.1, -0.05) is 6.42 Å². The molecular formula is C12H18FN3. The lowest BCUT2D eigenvalue weighted by atomic mass is 9.85. The molecule has 1 aromatic heterocycles. The second kappa shape index (κ2) is 4.78. The van der Waals surface area contributed by atoms with E-state index < -0.39 is 0 Å². The third-order valence-corrected chi connectivity index (χ3v) is 3.25. The van der Waals surface area contributed by atoms with E-state index in [0.29, 0.717) is 6.54 Å². The third kappa shape index (κ3) is 2.32. The number of aromatic nitrogens is 1. The van der Waals surface area contributed by atoms with E-state index in [1.165, 1.54) is 31.5 Å². The highest BCUT2D eigenvalue weighted by Crippen LogP contribution is 2.28. The van der Waals surface area contributed by atoms with Crippen molar-refractivity contribution in [3.05, 3.63) is 23.6 Å². The predicted octanol–water partition coefficient (Wildman–Crippen LogP) is 1.92. The van der Waals surface area contributed by atoms with Gasteiger partial charge in [-0.05, 0) is 24.8 Å². The zero-order valence-electron chi connectivity index (χ0n) is 9.62. The molecule has 1 heterocycles. The van der Waals surface area contributed by atoms with Crippen molar-refractivity contribution in [1.82, 2.24) is 4.98 Å². The van der Waals surface area contributed by atoms with Crippen molar-refractivity contribution < 1.29 is 4.39 Å². The molecule has 0 atom stereocenters. The normalized spacial score (nSPS) is 15.9. The molecule has 0 amide bonds. The van der Waals surface area contributed by atoms with Gasteiger partial charge in [-0.2, -0.15) is 0 Å². The molecule has 1 saturated carbocycles. The van der Waals surface area contributed by atoms with E-state index in [9.17, 15) is 4.39 Å². The van der Waals surface area contributed by atoms with Crippen LogP contribution in [0.4, 0.5) is 10.2 Å². The maximum atomic E-state index is 13.0. The highest BCUT2D eigenvalue weighted by atomic mass is 19.1. The van der Waals surface area contributed by atoms with Gasteiger partial charge in [-0.25, -0.2) is 9.37 Å². The first-order valence-electron chi connectivity index (χ1n) is 5.76. The molecule has 0 aromatic carbocycles. The van der Waals surface area contributed by atoms with Gasteiger partial charge in [-0.15, -0.1) is 0 Å². The summed E-state index contributed by atoms with van der Waals surface area (Å²) in [6.07, 6.45) is 5.18. The Balaban J connectivity index is 2.11. The maximum absolute atomic E-state index is 13.0. The number of pyridine rings is 1. The fourth-order valence-electron chi connectivity index (χ4n) is 2.12. The Morgan fingerprint density at radius 1 is 1.56 bits per heavy atom. The molecule has 1 fully saturated rings. The van der Waals surface area contributed by atoms with Crippen molar-refractivity contribution in [3.8, 4) is 0 Å². The first-order chi connectivity index (χ1) is 7.70. The van der Waals surface area contributed by atoms with Gasteiger partial charge in [0.25, 0.3) is 0 Å². The van der Waals surface area contributed by atoms with Gasteiger partial charge in [0.1, 0.15) is 11.6 Å². The van der Waals surface area contributed by atoms with Crippen LogP contribution in [-0.2, 0) is 6.54 Å². The molecular weight excluding hydrogens is 205 g/mol. The van der Waals surface area contributed by atoms with Crippen LogP contribution in [0.2, 0.25) is 0 Å². The van der Waals surface area contributed by atoms with Gasteiger partial charge in [0, 0.05) is 25.7 Å². The van der Waals surface area contributed by atoms with Gasteiger partial charge in [-0.3, -0.25) is 0 Å². The fraction of sp³-hybridized carbons (Fsp3) is 0.583. The minimum Gasteiger partial charge on any atom is -0.359 e. The molecule has 4 heteroatoms. The van der Waals surface area contributed by atoms with Crippen molar-refractivity contribution >= 4 is 5.82 Å². The Morgan fingerprint density at radius 3 is 2.88 bits per heavy atom. The van der Waals surface area contributed by atoms with E-state index >= 15 is 0 Å². The van der Waals surface area contributed by atoms with E-state index in [0.717, 1.165) is 23.8 Å². The summed E-state index contributed by atoms with van der Waals surface area (Å²) in [5, 5.41) is 0. The van der Waals surface area contributed by atoms with E-state index in [-0.39, 0.29) is 5.82 Å². The number of nitrogens with two attached hydrogens (primary N) is 1. The number of anilines is 1. The van der Waals surface area contributed by atoms with E-state index in [1.54, 1.807) is 0 Å². The second-order valence-corrected chi connectivity index (χ2v) is 4.52. The van der Waals surface area contributed by atoms with Crippen LogP contribution in [0.15, 0.2) is 12.3 Å². The number of rotatable bonds is 4. The molecule has 1 aliphatic carbocycles. The number of hydrogen-bond donors (Lipinski definition) is 1. The Labute approximate surface area is 95.5 Å². The van der Waals surface area contributed by atoms with Crippen LogP contribution in [0.25, 0.3) is 0 Å². The summed E-state index contributed by atoms with van der Waals surface area (Å²) in [6.45, 7) is 1.32. The summed E-state index contributed by atoms with van der Waals surface area (Å²) in [4.78, 5) is 6.22. The molecule has 1 aliphatic rings. The summed E-state index contributed by atoms with van der Waals surface area (Å²) < 4.78 is 13.0. The van der Waals surface area contributed by atoms with Crippen molar-refractivity contribution in [2.45, 2.75) is 25.8 Å². The van der Waals surface area contributed by atoms with Gasteiger partial charge < -0.3 is 10.6 Å². The largest absolute Gasteiger partial charge is 0.359 e. The molecule has 2 N–H and O–H groups in total. The second-order valence-electron chi connectivity index (χ2n) is 4.52. The topological polar surface area (TPSA) is 42.2 Å². The van der Waals surface area contributed by atoms with Crippen LogP contribution in [0, 0.1) is 11.7 Å². The molecule has 2 rings (SSSR count). The summed E-state index contributed by atoms with van der Waals surface area (Å²) in [5.41, 5.74) is 6.38. The van der Waals surface area contributed by atoms with Crippen molar-refractivity contribution in [1.29, 1.82) is 0 Å². The Kier molecular flexibility index (Phi) is 3.39. The van der Waals surface area contributed by atoms with Crippen LogP contribution in [0.3, 0.4) is 0 Å². The highest BCUT2D eigenvalue weighted by molar-refractivity contribution is 5.46. The molecule has 16 heavy (non-hydrogen) atoms. The lowest BCUT2D eigenvalue weighted by Crippen LogP contribution is -2.30. The average molecular weight is 223 g/mol. The summed E-state index contributed by atoms with van der Waals surface area (Å²) in [5.74, 6) is 1.26. The van der Waals surface area contributed by atoms with Crippen molar-refractivity contribution in [2.24, 2.45) is 11.7 Å². The molecule has 1 aromatic rings. The number of hydrogen-bond acceptors (Lipinski definition) is 3. The monoisotopic (exact) mass is 223 g/mol. The standard InChI is InChI=1S/C12H18FN3/c1-16(8-9-3-2-4-9)12-10(6-14)5-11(13)7-15-12/h5,7,9H,2-4,6,8,14H2,1H3. The Morgan fingerprint density at radius 2 is 2.31 bits per heavy atom. The lowest BCUT2D eigenvalue weighted by molar-refractivity contribution is 0.321. The van der Waals surface area contributed by atoms with Gasteiger partial charge in [0.05, 0.1) is 6.20 Å². The van der Waals surface area contributed by atoms with Crippen LogP contribution >= 0.6 is 0 Å². The van der Waals surface area contributed by atoms with Gasteiger partial charge >= 0.3 is 0 Å². The SMILES string of the molecule is CN(CC1CCC1)c1ncc(F)cc1CN. The molecule has 3 nitrogen and oxygen atoms in total. The van der Waals surface area contributed by atoms with E-state index in [2.05, 4.69) is 9.88 Å². The first kappa shape index (κ1) is 11.3. The quantitative estimate of drug-likeness (QED) is 0.848. The Hall–Kier alpha value is -1.16. The average Bonchev–Trinajstić information content (AvgIpc) is 2.23. The number of nitrogens with zero attached hydrogens (tertiary/aromatic N) is 2. The molecule has 0 bridgehead atoms. The molecule has 0 unspecified atom stereocenters. The first-order valence-corrected chi connectivity index (χ1v) is 5.76. The zero-order valence-corrected chi connectivity index (χ0v) is 9.62. The van der Waals surface area contributed by atoms with E-state index in [1.807, 2.05) is 7.05 Å². The summed E-state index contributed by atoms with van der Waals surface area (Å²) in [7, 11) is 2.00. The van der Waals surface area contributed by atoms with E-state index in [4.69, 9.17) is 5.73 Å². The minimum atomic E-state index is -0.318. The van der Waals surface area contributed by atoms with Crippen molar-refractivity contribution in [2.75, 3.05) is 18.5 Å². The molecule has 0 spiro atoms. The van der Waals surface area contributed by atoms with Gasteiger partial charge in [0.2, 0.25) is 0 Å². The highest BCUT2D eigenvalue weighted by Gasteiger charge is 2.20. The molecule has 88 valence electrons. The number of halogens is 1. The van der Waals surface area contributed by atoms with Crippen LogP contribution < -0.4 is 10.6 Å².